The third-order valence-electron chi connectivity index (χ3n) is 7.08. The molecule has 0 saturated carbocycles. The number of cyclic esters (lactones) is 1. The van der Waals surface area contributed by atoms with Crippen molar-refractivity contribution in [1.29, 1.82) is 0 Å². The van der Waals surface area contributed by atoms with E-state index in [2.05, 4.69) is 0 Å². The number of aliphatic hydroxyl groups excluding tert-OH is 4. The molecular formula is C26H32O12. The van der Waals surface area contributed by atoms with Gasteiger partial charge in [0.05, 0.1) is 40.0 Å². The van der Waals surface area contributed by atoms with Crippen molar-refractivity contribution in [3.8, 4) is 23.0 Å². The van der Waals surface area contributed by atoms with Crippen LogP contribution in [0.15, 0.2) is 36.4 Å². The summed E-state index contributed by atoms with van der Waals surface area (Å²) in [4.78, 5) is 12.8. The second kappa shape index (κ2) is 11.7. The van der Waals surface area contributed by atoms with Gasteiger partial charge in [-0.25, -0.2) is 0 Å². The Balaban J connectivity index is 1.66. The Hall–Kier alpha value is -3.13. The summed E-state index contributed by atoms with van der Waals surface area (Å²) in [7, 11) is 2.83. The molecule has 12 nitrogen and oxygen atoms in total. The molecule has 0 spiro atoms. The normalized spacial score (nSPS) is 29.3. The summed E-state index contributed by atoms with van der Waals surface area (Å²) < 4.78 is 27.1. The molecule has 208 valence electrons. The summed E-state index contributed by atoms with van der Waals surface area (Å²) >= 11 is 0. The SMILES string of the molecule is COc1cc(C(c2ccc(O)c(OC)c2)[C@@H]2COC(=O)[C@@H]2CO[C@H]2O[C@H](CO)[C@@H](O)[C@H](O)[C@H]2O)ccc1O. The Morgan fingerprint density at radius 1 is 0.921 bits per heavy atom. The number of ether oxygens (including phenoxy) is 5. The van der Waals surface area contributed by atoms with Gasteiger partial charge in [0, 0.05) is 11.8 Å². The first-order chi connectivity index (χ1) is 18.2. The van der Waals surface area contributed by atoms with Crippen LogP contribution in [0.2, 0.25) is 0 Å². The van der Waals surface area contributed by atoms with Gasteiger partial charge in [-0.15, -0.1) is 0 Å². The van der Waals surface area contributed by atoms with Crippen LogP contribution in [0.4, 0.5) is 0 Å². The molecule has 2 heterocycles. The maximum absolute atomic E-state index is 12.8. The second-order valence-electron chi connectivity index (χ2n) is 9.27. The van der Waals surface area contributed by atoms with E-state index in [0.717, 1.165) is 0 Å². The summed E-state index contributed by atoms with van der Waals surface area (Å²) in [6.45, 7) is -0.877. The summed E-state index contributed by atoms with van der Waals surface area (Å²) in [5.74, 6) is -2.15. The average molecular weight is 537 g/mol. The topological polar surface area (TPSA) is 185 Å². The zero-order chi connectivity index (χ0) is 27.6. The average Bonchev–Trinajstić information content (AvgIpc) is 3.28. The van der Waals surface area contributed by atoms with Crippen LogP contribution in [-0.4, -0.2) is 101 Å². The van der Waals surface area contributed by atoms with Crippen LogP contribution in [0.25, 0.3) is 0 Å². The van der Waals surface area contributed by atoms with Crippen molar-refractivity contribution in [2.45, 2.75) is 36.6 Å². The number of benzene rings is 2. The molecule has 2 fully saturated rings. The van der Waals surface area contributed by atoms with E-state index in [1.165, 1.54) is 26.4 Å². The number of hydrogen-bond donors (Lipinski definition) is 6. The van der Waals surface area contributed by atoms with Gasteiger partial charge < -0.3 is 54.3 Å². The molecule has 6 N–H and O–H groups in total. The smallest absolute Gasteiger partial charge is 0.311 e. The van der Waals surface area contributed by atoms with E-state index in [4.69, 9.17) is 23.7 Å². The highest BCUT2D eigenvalue weighted by Crippen LogP contribution is 2.44. The minimum Gasteiger partial charge on any atom is -0.504 e. The highest BCUT2D eigenvalue weighted by atomic mass is 16.7. The van der Waals surface area contributed by atoms with Gasteiger partial charge in [-0.3, -0.25) is 4.79 Å². The van der Waals surface area contributed by atoms with E-state index in [1.54, 1.807) is 24.3 Å². The third-order valence-corrected chi connectivity index (χ3v) is 7.08. The Kier molecular flexibility index (Phi) is 8.61. The molecule has 2 aliphatic heterocycles. The molecule has 0 aromatic heterocycles. The second-order valence-corrected chi connectivity index (χ2v) is 9.27. The van der Waals surface area contributed by atoms with Gasteiger partial charge in [0.25, 0.3) is 0 Å². The van der Waals surface area contributed by atoms with Gasteiger partial charge in [-0.1, -0.05) is 12.1 Å². The Bertz CT molecular complexity index is 1070. The fourth-order valence-corrected chi connectivity index (χ4v) is 4.96. The van der Waals surface area contributed by atoms with Crippen LogP contribution in [-0.2, 0) is 19.0 Å². The summed E-state index contributed by atoms with van der Waals surface area (Å²) in [6, 6.07) is 9.57. The van der Waals surface area contributed by atoms with Crippen LogP contribution < -0.4 is 9.47 Å². The molecule has 2 aliphatic rings. The zero-order valence-electron chi connectivity index (χ0n) is 20.8. The minimum absolute atomic E-state index is 0.0125. The number of rotatable bonds is 9. The standard InChI is InChI=1S/C26H32O12/c1-34-18-7-12(3-5-16(18)28)21(13-4-6-17(29)19(8-13)35-2)14-10-36-25(33)15(14)11-37-26-24(32)23(31)22(30)20(9-27)38-26/h3-8,14-15,20-24,26-32H,9-11H2,1-2H3/t14-,15-,20-,22-,23+,24-,26+/m1/s1. The molecule has 2 aromatic rings. The number of carbonyl (C=O) groups is 1. The minimum atomic E-state index is -1.63. The predicted molar refractivity (Wildman–Crippen MR) is 129 cm³/mol. The molecule has 0 bridgehead atoms. The van der Waals surface area contributed by atoms with Gasteiger partial charge in [-0.05, 0) is 35.4 Å². The highest BCUT2D eigenvalue weighted by molar-refractivity contribution is 5.75. The number of phenols is 2. The summed E-state index contributed by atoms with van der Waals surface area (Å²) in [5.41, 5.74) is 1.35. The van der Waals surface area contributed by atoms with E-state index in [-0.39, 0.29) is 36.2 Å². The molecule has 0 aliphatic carbocycles. The van der Waals surface area contributed by atoms with Crippen LogP contribution in [0.5, 0.6) is 23.0 Å². The predicted octanol–water partition coefficient (Wildman–Crippen LogP) is -0.147. The monoisotopic (exact) mass is 536 g/mol. The molecule has 4 rings (SSSR count). The number of esters is 1. The largest absolute Gasteiger partial charge is 0.504 e. The van der Waals surface area contributed by atoms with Gasteiger partial charge in [0.2, 0.25) is 0 Å². The zero-order valence-corrected chi connectivity index (χ0v) is 20.8. The number of carbonyl (C=O) groups excluding carboxylic acids is 1. The van der Waals surface area contributed by atoms with Crippen molar-refractivity contribution in [2.24, 2.45) is 11.8 Å². The Morgan fingerprint density at radius 2 is 1.50 bits per heavy atom. The molecular weight excluding hydrogens is 504 g/mol. The highest BCUT2D eigenvalue weighted by Gasteiger charge is 2.47. The Labute approximate surface area is 218 Å². The lowest BCUT2D eigenvalue weighted by Gasteiger charge is -2.40. The quantitative estimate of drug-likeness (QED) is 0.233. The van der Waals surface area contributed by atoms with Crippen molar-refractivity contribution in [3.05, 3.63) is 47.5 Å². The van der Waals surface area contributed by atoms with Crippen LogP contribution >= 0.6 is 0 Å². The first kappa shape index (κ1) is 27.9. The van der Waals surface area contributed by atoms with E-state index >= 15 is 0 Å². The van der Waals surface area contributed by atoms with Crippen molar-refractivity contribution >= 4 is 5.97 Å². The first-order valence-corrected chi connectivity index (χ1v) is 12.0. The van der Waals surface area contributed by atoms with E-state index in [1.807, 2.05) is 0 Å². The van der Waals surface area contributed by atoms with E-state index in [0.29, 0.717) is 11.1 Å². The lowest BCUT2D eigenvalue weighted by Crippen LogP contribution is -2.59. The number of aliphatic hydroxyl groups is 4. The van der Waals surface area contributed by atoms with Crippen LogP contribution in [0, 0.1) is 11.8 Å². The fourth-order valence-electron chi connectivity index (χ4n) is 4.96. The number of hydrogen-bond acceptors (Lipinski definition) is 12. The maximum Gasteiger partial charge on any atom is 0.311 e. The lowest BCUT2D eigenvalue weighted by molar-refractivity contribution is -0.303. The van der Waals surface area contributed by atoms with Gasteiger partial charge >= 0.3 is 5.97 Å². The number of methoxy groups -OCH3 is 2. The van der Waals surface area contributed by atoms with Gasteiger partial charge in [0.15, 0.2) is 29.3 Å². The van der Waals surface area contributed by atoms with Crippen molar-refractivity contribution in [3.63, 3.8) is 0 Å². The van der Waals surface area contributed by atoms with Gasteiger partial charge in [0.1, 0.15) is 24.4 Å². The van der Waals surface area contributed by atoms with Crippen molar-refractivity contribution in [2.75, 3.05) is 34.0 Å². The fraction of sp³-hybridized carbons (Fsp3) is 0.500. The molecule has 0 amide bonds. The number of phenolic OH excluding ortho intramolecular Hbond substituents is 2. The molecule has 0 radical (unpaired) electrons. The van der Waals surface area contributed by atoms with Gasteiger partial charge in [-0.2, -0.15) is 0 Å². The molecule has 7 atom stereocenters. The molecule has 38 heavy (non-hydrogen) atoms. The first-order valence-electron chi connectivity index (χ1n) is 12.0. The van der Waals surface area contributed by atoms with Crippen LogP contribution in [0.1, 0.15) is 17.0 Å². The maximum atomic E-state index is 12.8. The summed E-state index contributed by atoms with van der Waals surface area (Å²) in [5, 5.41) is 60.1. The lowest BCUT2D eigenvalue weighted by atomic mass is 9.75. The molecule has 2 aromatic carbocycles. The van der Waals surface area contributed by atoms with Crippen molar-refractivity contribution in [1.82, 2.24) is 0 Å². The Morgan fingerprint density at radius 3 is 2.03 bits per heavy atom. The van der Waals surface area contributed by atoms with E-state index in [9.17, 15) is 35.4 Å². The number of aromatic hydroxyl groups is 2. The third kappa shape index (κ3) is 5.37. The molecule has 0 unspecified atom stereocenters. The molecule has 2 saturated heterocycles. The van der Waals surface area contributed by atoms with E-state index < -0.39 is 61.0 Å². The molecule has 12 heteroatoms. The van der Waals surface area contributed by atoms with Crippen molar-refractivity contribution < 1.29 is 59.1 Å². The summed E-state index contributed by atoms with van der Waals surface area (Å²) in [6.07, 6.45) is -7.37. The van der Waals surface area contributed by atoms with Crippen LogP contribution in [0.3, 0.4) is 0 Å².